The number of anilines is 1. The van der Waals surface area contributed by atoms with Crippen LogP contribution >= 0.6 is 15.9 Å². The largest absolute Gasteiger partial charge is 0.423 e. The summed E-state index contributed by atoms with van der Waals surface area (Å²) < 4.78 is 6.10. The monoisotopic (exact) mass is 479 g/mol. The number of hydrazone groups is 1. The van der Waals surface area contributed by atoms with Crippen molar-refractivity contribution in [1.82, 2.24) is 5.43 Å². The molecule has 3 aromatic rings. The molecule has 0 atom stereocenters. The first-order valence-electron chi connectivity index (χ1n) is 9.19. The van der Waals surface area contributed by atoms with Crippen LogP contribution in [0.5, 0.6) is 5.75 Å². The minimum atomic E-state index is -0.891. The van der Waals surface area contributed by atoms with Gasteiger partial charge in [0.25, 0.3) is 0 Å². The Kier molecular flexibility index (Phi) is 7.29. The van der Waals surface area contributed by atoms with Gasteiger partial charge in [0.2, 0.25) is 0 Å². The fourth-order valence-electron chi connectivity index (χ4n) is 2.53. The predicted molar refractivity (Wildman–Crippen MR) is 121 cm³/mol. The summed E-state index contributed by atoms with van der Waals surface area (Å²) in [5.74, 6) is -1.83. The first-order valence-corrected chi connectivity index (χ1v) is 9.99. The second-order valence-corrected chi connectivity index (χ2v) is 7.41. The van der Waals surface area contributed by atoms with Crippen LogP contribution in [-0.4, -0.2) is 24.0 Å². The Balaban J connectivity index is 1.51. The third kappa shape index (κ3) is 6.61. The molecular formula is C23H18BrN3O4. The maximum Gasteiger partial charge on any atom is 0.343 e. The first kappa shape index (κ1) is 21.9. The molecule has 0 aliphatic carbocycles. The Hall–Kier alpha value is -3.78. The maximum atomic E-state index is 12.2. The van der Waals surface area contributed by atoms with Gasteiger partial charge in [-0.05, 0) is 72.6 Å². The van der Waals surface area contributed by atoms with Crippen LogP contribution in [0, 0.1) is 6.92 Å². The van der Waals surface area contributed by atoms with Crippen LogP contribution < -0.4 is 15.5 Å². The summed E-state index contributed by atoms with van der Waals surface area (Å²) >= 11 is 3.31. The van der Waals surface area contributed by atoms with Crippen molar-refractivity contribution in [2.75, 3.05) is 5.32 Å². The molecule has 31 heavy (non-hydrogen) atoms. The molecule has 0 heterocycles. The summed E-state index contributed by atoms with van der Waals surface area (Å²) in [6.45, 7) is 1.88. The minimum absolute atomic E-state index is 0.365. The van der Waals surface area contributed by atoms with Crippen molar-refractivity contribution < 1.29 is 19.1 Å². The molecule has 0 spiro atoms. The highest BCUT2D eigenvalue weighted by atomic mass is 79.9. The van der Waals surface area contributed by atoms with E-state index in [1.165, 1.54) is 6.21 Å². The van der Waals surface area contributed by atoms with E-state index >= 15 is 0 Å². The Morgan fingerprint density at radius 2 is 1.68 bits per heavy atom. The number of nitrogens with zero attached hydrogens (tertiary/aromatic N) is 1. The Morgan fingerprint density at radius 1 is 0.935 bits per heavy atom. The van der Waals surface area contributed by atoms with Crippen LogP contribution in [0.3, 0.4) is 0 Å². The second-order valence-electron chi connectivity index (χ2n) is 6.49. The number of amides is 2. The number of benzene rings is 3. The zero-order valence-electron chi connectivity index (χ0n) is 16.5. The third-order valence-corrected chi connectivity index (χ3v) is 4.51. The van der Waals surface area contributed by atoms with Crippen LogP contribution in [-0.2, 0) is 9.59 Å². The van der Waals surface area contributed by atoms with E-state index < -0.39 is 17.8 Å². The molecule has 0 fully saturated rings. The average Bonchev–Trinajstić information content (AvgIpc) is 2.75. The third-order valence-electron chi connectivity index (χ3n) is 4.01. The zero-order chi connectivity index (χ0) is 22.2. The SMILES string of the molecule is Cc1cccc(NC(=O)C(=O)NN=Cc2ccc(OC(=O)c3cccc(Br)c3)cc2)c1. The van der Waals surface area contributed by atoms with E-state index in [1.807, 2.05) is 19.1 Å². The van der Waals surface area contributed by atoms with Crippen LogP contribution in [0.15, 0.2) is 82.4 Å². The summed E-state index contributed by atoms with van der Waals surface area (Å²) in [4.78, 5) is 35.9. The molecule has 0 radical (unpaired) electrons. The van der Waals surface area contributed by atoms with Gasteiger partial charge in [-0.3, -0.25) is 9.59 Å². The number of hydrogen-bond acceptors (Lipinski definition) is 5. The quantitative estimate of drug-likeness (QED) is 0.189. The molecule has 0 saturated heterocycles. The number of esters is 1. The molecule has 156 valence electrons. The van der Waals surface area contributed by atoms with Gasteiger partial charge in [0.15, 0.2) is 0 Å². The van der Waals surface area contributed by atoms with Crippen molar-refractivity contribution in [3.05, 3.63) is 94.0 Å². The highest BCUT2D eigenvalue weighted by Gasteiger charge is 2.13. The molecule has 3 rings (SSSR count). The number of ether oxygens (including phenoxy) is 1. The number of carbonyl (C=O) groups is 3. The lowest BCUT2D eigenvalue weighted by Crippen LogP contribution is -2.32. The van der Waals surface area contributed by atoms with E-state index in [4.69, 9.17) is 4.74 Å². The van der Waals surface area contributed by atoms with Gasteiger partial charge < -0.3 is 10.1 Å². The predicted octanol–water partition coefficient (Wildman–Crippen LogP) is 4.07. The van der Waals surface area contributed by atoms with E-state index in [9.17, 15) is 14.4 Å². The van der Waals surface area contributed by atoms with Gasteiger partial charge in [-0.1, -0.05) is 34.1 Å². The topological polar surface area (TPSA) is 96.9 Å². The lowest BCUT2D eigenvalue weighted by molar-refractivity contribution is -0.136. The van der Waals surface area contributed by atoms with Gasteiger partial charge in [0.1, 0.15) is 5.75 Å². The summed E-state index contributed by atoms with van der Waals surface area (Å²) in [6, 6.07) is 20.5. The molecule has 2 N–H and O–H groups in total. The standard InChI is InChI=1S/C23H18BrN3O4/c1-15-4-2-7-19(12-15)26-21(28)22(29)27-25-14-16-8-10-20(11-9-16)31-23(30)17-5-3-6-18(24)13-17/h2-14H,1H3,(H,26,28)(H,27,29). The number of rotatable bonds is 5. The van der Waals surface area contributed by atoms with E-state index in [2.05, 4.69) is 31.8 Å². The number of aryl methyl sites for hydroxylation is 1. The smallest absolute Gasteiger partial charge is 0.343 e. The van der Waals surface area contributed by atoms with Crippen molar-refractivity contribution in [3.63, 3.8) is 0 Å². The van der Waals surface area contributed by atoms with Crippen molar-refractivity contribution in [1.29, 1.82) is 0 Å². The molecule has 8 heteroatoms. The molecule has 7 nitrogen and oxygen atoms in total. The maximum absolute atomic E-state index is 12.2. The average molecular weight is 480 g/mol. The fraction of sp³-hybridized carbons (Fsp3) is 0.0435. The summed E-state index contributed by atoms with van der Waals surface area (Å²) in [7, 11) is 0. The van der Waals surface area contributed by atoms with Crippen LogP contribution in [0.1, 0.15) is 21.5 Å². The summed E-state index contributed by atoms with van der Waals surface area (Å²) in [5, 5.41) is 6.27. The van der Waals surface area contributed by atoms with Gasteiger partial charge in [0, 0.05) is 10.2 Å². The zero-order valence-corrected chi connectivity index (χ0v) is 18.0. The van der Waals surface area contributed by atoms with Crippen LogP contribution in [0.2, 0.25) is 0 Å². The van der Waals surface area contributed by atoms with Crippen LogP contribution in [0.4, 0.5) is 5.69 Å². The molecule has 2 amide bonds. The molecule has 3 aromatic carbocycles. The molecule has 0 unspecified atom stereocenters. The second kappa shape index (κ2) is 10.3. The number of carbonyl (C=O) groups excluding carboxylic acids is 3. The first-order chi connectivity index (χ1) is 14.9. The highest BCUT2D eigenvalue weighted by molar-refractivity contribution is 9.10. The fourth-order valence-corrected chi connectivity index (χ4v) is 2.93. The lowest BCUT2D eigenvalue weighted by atomic mass is 10.2. The minimum Gasteiger partial charge on any atom is -0.423 e. The van der Waals surface area contributed by atoms with Crippen molar-refractivity contribution in [2.45, 2.75) is 6.92 Å². The van der Waals surface area contributed by atoms with E-state index in [-0.39, 0.29) is 0 Å². The van der Waals surface area contributed by atoms with Crippen molar-refractivity contribution in [3.8, 4) is 5.75 Å². The van der Waals surface area contributed by atoms with Gasteiger partial charge in [-0.2, -0.15) is 5.10 Å². The molecule has 0 bridgehead atoms. The Labute approximate surface area is 187 Å². The van der Waals surface area contributed by atoms with Gasteiger partial charge in [-0.25, -0.2) is 10.2 Å². The van der Waals surface area contributed by atoms with Gasteiger partial charge in [-0.15, -0.1) is 0 Å². The van der Waals surface area contributed by atoms with E-state index in [0.29, 0.717) is 22.6 Å². The normalized spacial score (nSPS) is 10.5. The summed E-state index contributed by atoms with van der Waals surface area (Å²) in [6.07, 6.45) is 1.37. The van der Waals surface area contributed by atoms with Gasteiger partial charge in [0.05, 0.1) is 11.8 Å². The Bertz CT molecular complexity index is 1140. The number of hydrogen-bond donors (Lipinski definition) is 2. The molecule has 0 aromatic heterocycles. The Morgan fingerprint density at radius 3 is 2.39 bits per heavy atom. The van der Waals surface area contributed by atoms with Crippen molar-refractivity contribution in [2.24, 2.45) is 5.10 Å². The van der Waals surface area contributed by atoms with Crippen molar-refractivity contribution >= 4 is 45.6 Å². The van der Waals surface area contributed by atoms with Gasteiger partial charge >= 0.3 is 17.8 Å². The lowest BCUT2D eigenvalue weighted by Gasteiger charge is -2.05. The van der Waals surface area contributed by atoms with E-state index in [1.54, 1.807) is 60.7 Å². The number of halogens is 1. The molecule has 0 aliphatic rings. The number of nitrogens with one attached hydrogen (secondary N) is 2. The molecular weight excluding hydrogens is 462 g/mol. The van der Waals surface area contributed by atoms with Crippen LogP contribution in [0.25, 0.3) is 0 Å². The molecule has 0 aliphatic heterocycles. The molecule has 0 saturated carbocycles. The van der Waals surface area contributed by atoms with E-state index in [0.717, 1.165) is 10.0 Å². The summed E-state index contributed by atoms with van der Waals surface area (Å²) in [5.41, 5.74) is 4.72. The highest BCUT2D eigenvalue weighted by Crippen LogP contribution is 2.16.